The van der Waals surface area contributed by atoms with Crippen molar-refractivity contribution in [3.05, 3.63) is 77.9 Å². The topological polar surface area (TPSA) is 21.3 Å². The maximum Gasteiger partial charge on any atom is 0.104 e. The molecule has 1 N–H and O–H groups in total. The molecule has 25 heavy (non-hydrogen) atoms. The van der Waals surface area contributed by atoms with Gasteiger partial charge in [0.2, 0.25) is 0 Å². The van der Waals surface area contributed by atoms with Gasteiger partial charge in [-0.05, 0) is 24.0 Å². The highest BCUT2D eigenvalue weighted by molar-refractivity contribution is 5.49. The van der Waals surface area contributed by atoms with E-state index in [0.29, 0.717) is 0 Å². The summed E-state index contributed by atoms with van der Waals surface area (Å²) in [7, 11) is 0. The summed E-state index contributed by atoms with van der Waals surface area (Å²) < 4.78 is 0. The van der Waals surface area contributed by atoms with Crippen molar-refractivity contribution in [1.82, 2.24) is 5.48 Å². The van der Waals surface area contributed by atoms with E-state index < -0.39 is 0 Å². The van der Waals surface area contributed by atoms with Crippen LogP contribution in [0, 0.1) is 0 Å². The standard InChI is InChI=1S/C23H31NO/c1-3-5-17-22(19-18-20-13-8-6-9-14-20)24-25-23(12-4-2)21-15-10-7-11-16-21/h6-11,13-16,18-19,22-24H,3-5,12,17H2,1-2H3/b19-18+. The van der Waals surface area contributed by atoms with E-state index in [1.165, 1.54) is 24.0 Å². The van der Waals surface area contributed by atoms with Crippen molar-refractivity contribution in [3.8, 4) is 0 Å². The monoisotopic (exact) mass is 337 g/mol. The summed E-state index contributed by atoms with van der Waals surface area (Å²) in [4.78, 5) is 6.11. The van der Waals surface area contributed by atoms with E-state index in [1.54, 1.807) is 0 Å². The first-order chi connectivity index (χ1) is 12.3. The maximum absolute atomic E-state index is 6.11. The zero-order valence-electron chi connectivity index (χ0n) is 15.5. The Labute approximate surface area is 152 Å². The lowest BCUT2D eigenvalue weighted by molar-refractivity contribution is -0.0436. The maximum atomic E-state index is 6.11. The van der Waals surface area contributed by atoms with E-state index in [4.69, 9.17) is 4.84 Å². The number of hydrogen-bond acceptors (Lipinski definition) is 2. The second kappa shape index (κ2) is 11.6. The van der Waals surface area contributed by atoms with Gasteiger partial charge in [-0.25, -0.2) is 0 Å². The Kier molecular flexibility index (Phi) is 9.03. The molecule has 2 aromatic rings. The van der Waals surface area contributed by atoms with Crippen LogP contribution >= 0.6 is 0 Å². The number of hydrogen-bond donors (Lipinski definition) is 1. The number of hydroxylamine groups is 1. The van der Waals surface area contributed by atoms with Crippen LogP contribution in [0.15, 0.2) is 66.7 Å². The molecule has 2 unspecified atom stereocenters. The molecule has 0 aromatic heterocycles. The predicted molar refractivity (Wildman–Crippen MR) is 107 cm³/mol. The van der Waals surface area contributed by atoms with Crippen LogP contribution in [0.5, 0.6) is 0 Å². The molecule has 0 saturated heterocycles. The fraction of sp³-hybridized carbons (Fsp3) is 0.391. The van der Waals surface area contributed by atoms with Gasteiger partial charge in [-0.15, -0.1) is 0 Å². The largest absolute Gasteiger partial charge is 0.293 e. The second-order valence-electron chi connectivity index (χ2n) is 6.44. The van der Waals surface area contributed by atoms with Crippen molar-refractivity contribution in [3.63, 3.8) is 0 Å². The summed E-state index contributed by atoms with van der Waals surface area (Å²) in [6, 6.07) is 21.1. The van der Waals surface area contributed by atoms with Crippen LogP contribution in [0.1, 0.15) is 63.2 Å². The Bertz CT molecular complexity index is 594. The first-order valence-corrected chi connectivity index (χ1v) is 9.52. The van der Waals surface area contributed by atoms with Gasteiger partial charge in [0.25, 0.3) is 0 Å². The Morgan fingerprint density at radius 1 is 0.880 bits per heavy atom. The van der Waals surface area contributed by atoms with Crippen molar-refractivity contribution in [2.45, 2.75) is 58.1 Å². The summed E-state index contributed by atoms with van der Waals surface area (Å²) in [5.74, 6) is 0. The molecule has 0 bridgehead atoms. The van der Waals surface area contributed by atoms with Crippen LogP contribution < -0.4 is 5.48 Å². The molecular formula is C23H31NO. The number of benzene rings is 2. The Morgan fingerprint density at radius 2 is 1.56 bits per heavy atom. The van der Waals surface area contributed by atoms with E-state index >= 15 is 0 Å². The molecule has 0 fully saturated rings. The average molecular weight is 338 g/mol. The number of rotatable bonds is 11. The molecule has 0 heterocycles. The Morgan fingerprint density at radius 3 is 2.20 bits per heavy atom. The van der Waals surface area contributed by atoms with Crippen LogP contribution in [0.25, 0.3) is 6.08 Å². The molecule has 2 aromatic carbocycles. The van der Waals surface area contributed by atoms with E-state index in [-0.39, 0.29) is 12.1 Å². The fourth-order valence-electron chi connectivity index (χ4n) is 2.80. The zero-order chi connectivity index (χ0) is 17.7. The van der Waals surface area contributed by atoms with Gasteiger partial charge in [0.15, 0.2) is 0 Å². The summed E-state index contributed by atoms with van der Waals surface area (Å²) in [5, 5.41) is 0. The molecule has 134 valence electrons. The minimum absolute atomic E-state index is 0.0976. The van der Waals surface area contributed by atoms with Crippen molar-refractivity contribution in [2.24, 2.45) is 0 Å². The highest BCUT2D eigenvalue weighted by Gasteiger charge is 2.13. The van der Waals surface area contributed by atoms with Crippen LogP contribution in [0.3, 0.4) is 0 Å². The van der Waals surface area contributed by atoms with Crippen molar-refractivity contribution < 1.29 is 4.84 Å². The molecule has 2 nitrogen and oxygen atoms in total. The van der Waals surface area contributed by atoms with Crippen molar-refractivity contribution >= 4 is 6.08 Å². The first-order valence-electron chi connectivity index (χ1n) is 9.52. The van der Waals surface area contributed by atoms with Gasteiger partial charge in [0, 0.05) is 0 Å². The van der Waals surface area contributed by atoms with Gasteiger partial charge in [-0.3, -0.25) is 4.84 Å². The van der Waals surface area contributed by atoms with E-state index in [9.17, 15) is 0 Å². The molecule has 0 amide bonds. The summed E-state index contributed by atoms with van der Waals surface area (Å²) in [6.07, 6.45) is 10.1. The van der Waals surface area contributed by atoms with Gasteiger partial charge in [-0.2, -0.15) is 5.48 Å². The summed E-state index contributed by atoms with van der Waals surface area (Å²) in [5.41, 5.74) is 5.78. The van der Waals surface area contributed by atoms with E-state index in [1.807, 2.05) is 12.1 Å². The summed E-state index contributed by atoms with van der Waals surface area (Å²) >= 11 is 0. The van der Waals surface area contributed by atoms with Crippen LogP contribution in [0.2, 0.25) is 0 Å². The lowest BCUT2D eigenvalue weighted by atomic mass is 10.1. The molecule has 2 atom stereocenters. The molecule has 0 aliphatic rings. The summed E-state index contributed by atoms with van der Waals surface area (Å²) in [6.45, 7) is 4.42. The molecule has 2 heteroatoms. The smallest absolute Gasteiger partial charge is 0.104 e. The van der Waals surface area contributed by atoms with Gasteiger partial charge >= 0.3 is 0 Å². The lowest BCUT2D eigenvalue weighted by Gasteiger charge is -2.22. The van der Waals surface area contributed by atoms with Crippen LogP contribution in [-0.2, 0) is 4.84 Å². The quantitative estimate of drug-likeness (QED) is 0.484. The molecular weight excluding hydrogens is 306 g/mol. The highest BCUT2D eigenvalue weighted by Crippen LogP contribution is 2.22. The Hall–Kier alpha value is -1.90. The van der Waals surface area contributed by atoms with Gasteiger partial charge in [0.05, 0.1) is 6.04 Å². The third kappa shape index (κ3) is 7.25. The van der Waals surface area contributed by atoms with E-state index in [0.717, 1.165) is 19.3 Å². The van der Waals surface area contributed by atoms with Crippen molar-refractivity contribution in [1.29, 1.82) is 0 Å². The Balaban J connectivity index is 1.98. The number of unbranched alkanes of at least 4 members (excludes halogenated alkanes) is 1. The molecule has 0 radical (unpaired) electrons. The SMILES string of the molecule is CCCCC(/C=C/c1ccccc1)NOC(CCC)c1ccccc1. The minimum atomic E-state index is 0.0976. The van der Waals surface area contributed by atoms with Crippen molar-refractivity contribution in [2.75, 3.05) is 0 Å². The zero-order valence-corrected chi connectivity index (χ0v) is 15.5. The average Bonchev–Trinajstić information content (AvgIpc) is 2.68. The van der Waals surface area contributed by atoms with Gasteiger partial charge < -0.3 is 0 Å². The molecule has 0 spiro atoms. The molecule has 2 rings (SSSR count). The molecule has 0 aliphatic heterocycles. The predicted octanol–water partition coefficient (Wildman–Crippen LogP) is 6.32. The second-order valence-corrected chi connectivity index (χ2v) is 6.44. The third-order valence-electron chi connectivity index (χ3n) is 4.27. The third-order valence-corrected chi connectivity index (χ3v) is 4.27. The first kappa shape index (κ1) is 19.4. The lowest BCUT2D eigenvalue weighted by Crippen LogP contribution is -2.29. The molecule has 0 saturated carbocycles. The van der Waals surface area contributed by atoms with Crippen LogP contribution in [0.4, 0.5) is 0 Å². The van der Waals surface area contributed by atoms with Gasteiger partial charge in [0.1, 0.15) is 6.10 Å². The van der Waals surface area contributed by atoms with Gasteiger partial charge in [-0.1, -0.05) is 106 Å². The van der Waals surface area contributed by atoms with Crippen LogP contribution in [-0.4, -0.2) is 6.04 Å². The number of nitrogens with one attached hydrogen (secondary N) is 1. The normalized spacial score (nSPS) is 13.8. The molecule has 0 aliphatic carbocycles. The fourth-order valence-corrected chi connectivity index (χ4v) is 2.80. The minimum Gasteiger partial charge on any atom is -0.293 e. The van der Waals surface area contributed by atoms with E-state index in [2.05, 4.69) is 80.0 Å². The highest BCUT2D eigenvalue weighted by atomic mass is 16.7.